The van der Waals surface area contributed by atoms with Gasteiger partial charge in [0, 0.05) is 31.0 Å². The van der Waals surface area contributed by atoms with Crippen LogP contribution in [0.5, 0.6) is 0 Å². The molecule has 0 radical (unpaired) electrons. The average molecular weight is 445 g/mol. The lowest BCUT2D eigenvalue weighted by Gasteiger charge is -2.19. The normalized spacial score (nSPS) is 17.2. The summed E-state index contributed by atoms with van der Waals surface area (Å²) in [6.07, 6.45) is -2.85. The van der Waals surface area contributed by atoms with E-state index in [1.165, 1.54) is 18.2 Å². The third-order valence-corrected chi connectivity index (χ3v) is 5.51. The molecule has 3 rings (SSSR count). The Morgan fingerprint density at radius 1 is 1.21 bits per heavy atom. The summed E-state index contributed by atoms with van der Waals surface area (Å²) in [5.74, 6) is 0.472. The highest BCUT2D eigenvalue weighted by Crippen LogP contribution is 2.29. The fourth-order valence-corrected chi connectivity index (χ4v) is 3.71. The zero-order valence-electron chi connectivity index (χ0n) is 15.0. The molecule has 29 heavy (non-hydrogen) atoms. The highest BCUT2D eigenvalue weighted by Gasteiger charge is 2.31. The number of aromatic nitrogens is 1. The van der Waals surface area contributed by atoms with Crippen LogP contribution in [0.3, 0.4) is 0 Å². The maximum Gasteiger partial charge on any atom is 0.417 e. The van der Waals surface area contributed by atoms with Crippen molar-refractivity contribution in [2.45, 2.75) is 23.5 Å². The van der Waals surface area contributed by atoms with Crippen LogP contribution in [-0.2, 0) is 16.2 Å². The minimum absolute atomic E-state index is 0.00240. The Labute approximate surface area is 171 Å². The number of rotatable bonds is 4. The predicted molar refractivity (Wildman–Crippen MR) is 107 cm³/mol. The van der Waals surface area contributed by atoms with Crippen LogP contribution in [0.25, 0.3) is 0 Å². The van der Waals surface area contributed by atoms with E-state index in [2.05, 4.69) is 15.6 Å². The summed E-state index contributed by atoms with van der Waals surface area (Å²) < 4.78 is 60.5. The number of nitrogens with two attached hydrogens (primary N) is 1. The molecular formula is C17H18F3N5O2S2. The average Bonchev–Trinajstić information content (AvgIpc) is 3.09. The first-order valence-electron chi connectivity index (χ1n) is 8.51. The van der Waals surface area contributed by atoms with Gasteiger partial charge >= 0.3 is 6.18 Å². The number of hydrogen-bond acceptors (Lipinski definition) is 5. The standard InChI is InChI=1S/C17H18F3N5O2S2/c18-17(19,20)11-1-6-15(22-9-11)25-8-7-13(10-25)24-16(28)23-12-2-4-14(5-3-12)29(21,26)27/h1-6,9,13H,7-8,10H2,(H2,21,26,27)(H2,23,24,28)/t13-/m1/s1. The van der Waals surface area contributed by atoms with Crippen molar-refractivity contribution in [3.05, 3.63) is 48.2 Å². The van der Waals surface area contributed by atoms with Gasteiger partial charge in [-0.25, -0.2) is 18.5 Å². The van der Waals surface area contributed by atoms with Crippen molar-refractivity contribution >= 4 is 38.9 Å². The molecule has 12 heteroatoms. The number of nitrogens with zero attached hydrogens (tertiary/aromatic N) is 2. The van der Waals surface area contributed by atoms with Crippen molar-refractivity contribution in [2.24, 2.45) is 5.14 Å². The number of anilines is 2. The summed E-state index contributed by atoms with van der Waals surface area (Å²) >= 11 is 5.27. The van der Waals surface area contributed by atoms with Gasteiger partial charge in [-0.05, 0) is 55.0 Å². The summed E-state index contributed by atoms with van der Waals surface area (Å²) in [5.41, 5.74) is -0.192. The van der Waals surface area contributed by atoms with Crippen molar-refractivity contribution in [3.8, 4) is 0 Å². The highest BCUT2D eigenvalue weighted by atomic mass is 32.2. The lowest BCUT2D eigenvalue weighted by Crippen LogP contribution is -2.39. The number of benzene rings is 1. The fourth-order valence-electron chi connectivity index (χ4n) is 2.91. The summed E-state index contributed by atoms with van der Waals surface area (Å²) in [6, 6.07) is 8.18. The SMILES string of the molecule is NS(=O)(=O)c1ccc(NC(=S)N[C@@H]2CCN(c3ccc(C(F)(F)F)cn3)C2)cc1. The van der Waals surface area contributed by atoms with Crippen molar-refractivity contribution in [1.29, 1.82) is 0 Å². The van der Waals surface area contributed by atoms with E-state index in [1.54, 1.807) is 12.1 Å². The molecule has 1 fully saturated rings. The second-order valence-electron chi connectivity index (χ2n) is 6.50. The van der Waals surface area contributed by atoms with Gasteiger partial charge in [0.1, 0.15) is 5.82 Å². The van der Waals surface area contributed by atoms with E-state index < -0.39 is 21.8 Å². The van der Waals surface area contributed by atoms with Gasteiger partial charge in [0.05, 0.1) is 10.5 Å². The molecule has 7 nitrogen and oxygen atoms in total. The molecule has 4 N–H and O–H groups in total. The van der Waals surface area contributed by atoms with Gasteiger partial charge in [0.15, 0.2) is 5.11 Å². The zero-order valence-corrected chi connectivity index (χ0v) is 16.6. The maximum absolute atomic E-state index is 12.6. The van der Waals surface area contributed by atoms with Gasteiger partial charge in [-0.15, -0.1) is 0 Å². The van der Waals surface area contributed by atoms with Gasteiger partial charge in [-0.2, -0.15) is 13.2 Å². The molecule has 0 aliphatic carbocycles. The van der Waals surface area contributed by atoms with Crippen molar-refractivity contribution in [3.63, 3.8) is 0 Å². The Morgan fingerprint density at radius 2 is 1.90 bits per heavy atom. The fraction of sp³-hybridized carbons (Fsp3) is 0.294. The minimum atomic E-state index is -4.41. The lowest BCUT2D eigenvalue weighted by molar-refractivity contribution is -0.137. The number of hydrogen-bond donors (Lipinski definition) is 3. The maximum atomic E-state index is 12.6. The van der Waals surface area contributed by atoms with Crippen LogP contribution in [0, 0.1) is 0 Å². The van der Waals surface area contributed by atoms with E-state index in [4.69, 9.17) is 17.4 Å². The highest BCUT2D eigenvalue weighted by molar-refractivity contribution is 7.89. The molecule has 2 heterocycles. The molecule has 0 amide bonds. The number of alkyl halides is 3. The molecule has 1 aliphatic rings. The Balaban J connectivity index is 1.53. The Hall–Kier alpha value is -2.44. The van der Waals surface area contributed by atoms with E-state index in [-0.39, 0.29) is 10.9 Å². The van der Waals surface area contributed by atoms with Gasteiger partial charge in [-0.1, -0.05) is 0 Å². The minimum Gasteiger partial charge on any atom is -0.358 e. The van der Waals surface area contributed by atoms with Crippen LogP contribution >= 0.6 is 12.2 Å². The Bertz CT molecular complexity index is 980. The van der Waals surface area contributed by atoms with E-state index >= 15 is 0 Å². The number of sulfonamides is 1. The molecule has 0 bridgehead atoms. The van der Waals surface area contributed by atoms with Gasteiger partial charge in [-0.3, -0.25) is 0 Å². The first-order valence-corrected chi connectivity index (χ1v) is 10.5. The van der Waals surface area contributed by atoms with Gasteiger partial charge in [0.25, 0.3) is 0 Å². The van der Waals surface area contributed by atoms with E-state index in [1.807, 2.05) is 4.90 Å². The summed E-state index contributed by atoms with van der Waals surface area (Å²) in [5, 5.41) is 11.5. The number of thiocarbonyl (C=S) groups is 1. The number of primary sulfonamides is 1. The monoisotopic (exact) mass is 445 g/mol. The molecule has 1 aliphatic heterocycles. The molecule has 0 saturated carbocycles. The molecule has 1 saturated heterocycles. The van der Waals surface area contributed by atoms with E-state index in [0.717, 1.165) is 18.7 Å². The molecule has 156 valence electrons. The number of pyridine rings is 1. The third kappa shape index (κ3) is 5.55. The van der Waals surface area contributed by atoms with Crippen LogP contribution in [-0.4, -0.2) is 37.6 Å². The molecule has 1 atom stereocenters. The van der Waals surface area contributed by atoms with Crippen molar-refractivity contribution in [1.82, 2.24) is 10.3 Å². The van der Waals surface area contributed by atoms with Crippen LogP contribution in [0.4, 0.5) is 24.7 Å². The first kappa shape index (κ1) is 21.3. The van der Waals surface area contributed by atoms with Crippen LogP contribution in [0.15, 0.2) is 47.5 Å². The smallest absolute Gasteiger partial charge is 0.358 e. The molecule has 1 aromatic carbocycles. The lowest BCUT2D eigenvalue weighted by atomic mass is 10.2. The molecular weight excluding hydrogens is 427 g/mol. The molecule has 0 spiro atoms. The third-order valence-electron chi connectivity index (χ3n) is 4.36. The van der Waals surface area contributed by atoms with Crippen LogP contribution < -0.4 is 20.7 Å². The summed E-state index contributed by atoms with van der Waals surface area (Å²) in [6.45, 7) is 1.16. The number of halogens is 3. The van der Waals surface area contributed by atoms with Crippen molar-refractivity contribution in [2.75, 3.05) is 23.3 Å². The largest absolute Gasteiger partial charge is 0.417 e. The molecule has 2 aromatic rings. The van der Waals surface area contributed by atoms with Crippen molar-refractivity contribution < 1.29 is 21.6 Å². The van der Waals surface area contributed by atoms with Gasteiger partial charge < -0.3 is 15.5 Å². The van der Waals surface area contributed by atoms with E-state index in [9.17, 15) is 21.6 Å². The topological polar surface area (TPSA) is 100 Å². The summed E-state index contributed by atoms with van der Waals surface area (Å²) in [7, 11) is -3.76. The molecule has 1 aromatic heterocycles. The van der Waals surface area contributed by atoms with Crippen LogP contribution in [0.2, 0.25) is 0 Å². The second kappa shape index (κ2) is 8.13. The quantitative estimate of drug-likeness (QED) is 0.621. The Morgan fingerprint density at radius 3 is 2.45 bits per heavy atom. The second-order valence-corrected chi connectivity index (χ2v) is 8.47. The first-order chi connectivity index (χ1) is 13.5. The predicted octanol–water partition coefficient (Wildman–Crippen LogP) is 2.31. The number of nitrogens with one attached hydrogen (secondary N) is 2. The van der Waals surface area contributed by atoms with E-state index in [0.29, 0.717) is 29.7 Å². The van der Waals surface area contributed by atoms with Gasteiger partial charge in [0.2, 0.25) is 10.0 Å². The Kier molecular flexibility index (Phi) is 5.96. The summed E-state index contributed by atoms with van der Waals surface area (Å²) in [4.78, 5) is 5.78. The zero-order chi connectivity index (χ0) is 21.2. The van der Waals surface area contributed by atoms with Crippen LogP contribution in [0.1, 0.15) is 12.0 Å². The molecule has 0 unspecified atom stereocenters.